The van der Waals surface area contributed by atoms with Gasteiger partial charge in [-0.05, 0) is 50.0 Å². The lowest BCUT2D eigenvalue weighted by Gasteiger charge is -2.45. The van der Waals surface area contributed by atoms with Crippen molar-refractivity contribution in [1.82, 2.24) is 4.90 Å². The maximum atomic E-state index is 11.5. The average molecular weight is 380 g/mol. The summed E-state index contributed by atoms with van der Waals surface area (Å²) in [5.74, 6) is 1.74. The Hall–Kier alpha value is -2.04. The third kappa shape index (κ3) is 2.73. The molecule has 1 N–H and O–H groups in total. The Morgan fingerprint density at radius 1 is 1.14 bits per heavy atom. The van der Waals surface area contributed by atoms with Gasteiger partial charge in [0.25, 0.3) is 0 Å². The Labute approximate surface area is 167 Å². The van der Waals surface area contributed by atoms with Crippen LogP contribution in [0.25, 0.3) is 0 Å². The summed E-state index contributed by atoms with van der Waals surface area (Å²) < 4.78 is 12.2. The Balaban J connectivity index is 1.52. The molecule has 0 bridgehead atoms. The van der Waals surface area contributed by atoms with Gasteiger partial charge in [-0.2, -0.15) is 0 Å². The second kappa shape index (κ2) is 6.50. The molecule has 148 valence electrons. The molecule has 2 aromatic carbocycles. The van der Waals surface area contributed by atoms with Crippen LogP contribution in [-0.2, 0) is 18.4 Å². The first kappa shape index (κ1) is 18.0. The van der Waals surface area contributed by atoms with Crippen LogP contribution in [0.5, 0.6) is 11.5 Å². The standard InChI is InChI=1S/C24H29NO3/c1-25-13-12-24-11-10-23(26,14-17-6-4-3-5-7-17)15-20(24)28-22-19(27-2)9-8-18(16-25)21(22)24/h3-9,20,26H,10-16H2,1-2H3/t20-,23+,24-/m0/s1. The van der Waals surface area contributed by atoms with Gasteiger partial charge in [0.15, 0.2) is 11.5 Å². The fourth-order valence-electron chi connectivity index (χ4n) is 5.71. The van der Waals surface area contributed by atoms with Crippen LogP contribution in [0, 0.1) is 0 Å². The Bertz CT molecular complexity index is 883. The summed E-state index contributed by atoms with van der Waals surface area (Å²) in [6.07, 6.45) is 4.20. The predicted molar refractivity (Wildman–Crippen MR) is 109 cm³/mol. The second-order valence-corrected chi connectivity index (χ2v) is 8.97. The summed E-state index contributed by atoms with van der Waals surface area (Å²) in [5.41, 5.74) is 3.17. The van der Waals surface area contributed by atoms with Gasteiger partial charge in [0, 0.05) is 30.4 Å². The Kier molecular flexibility index (Phi) is 4.18. The van der Waals surface area contributed by atoms with Crippen LogP contribution in [-0.4, -0.2) is 42.4 Å². The van der Waals surface area contributed by atoms with Gasteiger partial charge in [-0.1, -0.05) is 36.4 Å². The van der Waals surface area contributed by atoms with Gasteiger partial charge in [0.2, 0.25) is 0 Å². The number of rotatable bonds is 3. The molecule has 3 atom stereocenters. The molecule has 1 fully saturated rings. The largest absolute Gasteiger partial charge is 0.493 e. The molecule has 0 radical (unpaired) electrons. The van der Waals surface area contributed by atoms with Crippen molar-refractivity contribution in [2.24, 2.45) is 0 Å². The molecule has 0 amide bonds. The molecule has 4 nitrogen and oxygen atoms in total. The third-order valence-electron chi connectivity index (χ3n) is 7.16. The van der Waals surface area contributed by atoms with Gasteiger partial charge in [0.05, 0.1) is 12.7 Å². The van der Waals surface area contributed by atoms with E-state index in [9.17, 15) is 5.11 Å². The van der Waals surface area contributed by atoms with E-state index in [1.54, 1.807) is 7.11 Å². The number of hydrogen-bond donors (Lipinski definition) is 1. The van der Waals surface area contributed by atoms with Crippen LogP contribution < -0.4 is 9.47 Å². The topological polar surface area (TPSA) is 41.9 Å². The number of benzene rings is 2. The van der Waals surface area contributed by atoms with Gasteiger partial charge in [-0.25, -0.2) is 0 Å². The van der Waals surface area contributed by atoms with Crippen molar-refractivity contribution in [3.8, 4) is 11.5 Å². The minimum Gasteiger partial charge on any atom is -0.493 e. The molecule has 1 saturated carbocycles. The van der Waals surface area contributed by atoms with E-state index >= 15 is 0 Å². The zero-order chi connectivity index (χ0) is 19.4. The van der Waals surface area contributed by atoms with Crippen molar-refractivity contribution < 1.29 is 14.6 Å². The Morgan fingerprint density at radius 2 is 1.96 bits per heavy atom. The number of hydrogen-bond acceptors (Lipinski definition) is 4. The van der Waals surface area contributed by atoms with Crippen molar-refractivity contribution in [1.29, 1.82) is 0 Å². The summed E-state index contributed by atoms with van der Waals surface area (Å²) in [5, 5.41) is 11.5. The summed E-state index contributed by atoms with van der Waals surface area (Å²) in [4.78, 5) is 2.40. The highest BCUT2D eigenvalue weighted by Gasteiger charge is 2.57. The summed E-state index contributed by atoms with van der Waals surface area (Å²) in [6.45, 7) is 1.99. The van der Waals surface area contributed by atoms with E-state index in [0.717, 1.165) is 43.9 Å². The quantitative estimate of drug-likeness (QED) is 0.883. The lowest BCUT2D eigenvalue weighted by atomic mass is 9.61. The highest BCUT2D eigenvalue weighted by Crippen LogP contribution is 2.59. The molecule has 4 heteroatoms. The smallest absolute Gasteiger partial charge is 0.165 e. The maximum Gasteiger partial charge on any atom is 0.165 e. The van der Waals surface area contributed by atoms with Crippen LogP contribution in [0.3, 0.4) is 0 Å². The van der Waals surface area contributed by atoms with E-state index in [0.29, 0.717) is 12.8 Å². The molecule has 0 aromatic heterocycles. The van der Waals surface area contributed by atoms with E-state index in [4.69, 9.17) is 9.47 Å². The summed E-state index contributed by atoms with van der Waals surface area (Å²) in [7, 11) is 3.91. The number of nitrogens with zero attached hydrogens (tertiary/aromatic N) is 1. The molecule has 2 aromatic rings. The van der Waals surface area contributed by atoms with E-state index in [2.05, 4.69) is 30.1 Å². The van der Waals surface area contributed by atoms with E-state index in [1.165, 1.54) is 16.7 Å². The zero-order valence-electron chi connectivity index (χ0n) is 16.8. The molecule has 5 rings (SSSR count). The van der Waals surface area contributed by atoms with Crippen LogP contribution in [0.2, 0.25) is 0 Å². The van der Waals surface area contributed by atoms with Crippen LogP contribution in [0.1, 0.15) is 42.4 Å². The van der Waals surface area contributed by atoms with Crippen molar-refractivity contribution >= 4 is 0 Å². The molecular formula is C24H29NO3. The SMILES string of the molecule is COc1ccc2c3c1O[C@H]1C[C@](O)(Cc4ccccc4)CC[C@@]31CCN(C)C2. The highest BCUT2D eigenvalue weighted by atomic mass is 16.5. The zero-order valence-corrected chi connectivity index (χ0v) is 16.8. The molecule has 28 heavy (non-hydrogen) atoms. The van der Waals surface area contributed by atoms with E-state index in [-0.39, 0.29) is 11.5 Å². The van der Waals surface area contributed by atoms with Crippen molar-refractivity contribution in [3.63, 3.8) is 0 Å². The normalized spacial score (nSPS) is 31.5. The number of aliphatic hydroxyl groups is 1. The number of methoxy groups -OCH3 is 1. The average Bonchev–Trinajstić information content (AvgIpc) is 2.93. The first-order valence-electron chi connectivity index (χ1n) is 10.3. The summed E-state index contributed by atoms with van der Waals surface area (Å²) >= 11 is 0. The van der Waals surface area contributed by atoms with E-state index < -0.39 is 5.60 Å². The van der Waals surface area contributed by atoms with Crippen molar-refractivity contribution in [2.75, 3.05) is 20.7 Å². The maximum absolute atomic E-state index is 11.5. The lowest BCUT2D eigenvalue weighted by molar-refractivity contribution is -0.0629. The third-order valence-corrected chi connectivity index (χ3v) is 7.16. The van der Waals surface area contributed by atoms with Crippen LogP contribution in [0.15, 0.2) is 42.5 Å². The minimum absolute atomic E-state index is 0.00603. The molecule has 0 saturated heterocycles. The molecule has 3 aliphatic rings. The first-order chi connectivity index (χ1) is 13.5. The number of ether oxygens (including phenoxy) is 2. The molecule has 2 heterocycles. The molecule has 2 aliphatic heterocycles. The second-order valence-electron chi connectivity index (χ2n) is 8.97. The molecule has 1 aliphatic carbocycles. The fourth-order valence-corrected chi connectivity index (χ4v) is 5.71. The molecular weight excluding hydrogens is 350 g/mol. The minimum atomic E-state index is -0.717. The van der Waals surface area contributed by atoms with Crippen molar-refractivity contribution in [3.05, 3.63) is 59.2 Å². The van der Waals surface area contributed by atoms with E-state index in [1.807, 2.05) is 24.3 Å². The van der Waals surface area contributed by atoms with Gasteiger partial charge >= 0.3 is 0 Å². The van der Waals surface area contributed by atoms with Gasteiger partial charge in [0.1, 0.15) is 6.10 Å². The fraction of sp³-hybridized carbons (Fsp3) is 0.500. The predicted octanol–water partition coefficient (Wildman–Crippen LogP) is 3.69. The monoisotopic (exact) mass is 379 g/mol. The van der Waals surface area contributed by atoms with Crippen LogP contribution in [0.4, 0.5) is 0 Å². The van der Waals surface area contributed by atoms with Crippen LogP contribution >= 0.6 is 0 Å². The van der Waals surface area contributed by atoms with Crippen molar-refractivity contribution in [2.45, 2.75) is 55.8 Å². The highest BCUT2D eigenvalue weighted by molar-refractivity contribution is 5.59. The Morgan fingerprint density at radius 3 is 2.75 bits per heavy atom. The van der Waals surface area contributed by atoms with Gasteiger partial charge in [-0.15, -0.1) is 0 Å². The molecule has 1 spiro atoms. The van der Waals surface area contributed by atoms with Gasteiger partial charge < -0.3 is 19.5 Å². The first-order valence-corrected chi connectivity index (χ1v) is 10.3. The lowest BCUT2D eigenvalue weighted by Crippen LogP contribution is -2.52. The summed E-state index contributed by atoms with van der Waals surface area (Å²) in [6, 6.07) is 14.6. The van der Waals surface area contributed by atoms with Gasteiger partial charge in [-0.3, -0.25) is 0 Å². The molecule has 0 unspecified atom stereocenters.